The first-order valence-electron chi connectivity index (χ1n) is 9.83. The number of rotatable bonds is 7. The summed E-state index contributed by atoms with van der Waals surface area (Å²) in [6.07, 6.45) is 4.88. The number of piperidine rings is 1. The maximum absolute atomic E-state index is 11.8. The number of aliphatic hydroxyl groups is 1. The number of ether oxygens (including phenoxy) is 1. The fraction of sp³-hybridized carbons (Fsp3) is 0.632. The van der Waals surface area contributed by atoms with Gasteiger partial charge in [-0.25, -0.2) is 14.6 Å². The summed E-state index contributed by atoms with van der Waals surface area (Å²) in [5.41, 5.74) is 2.65. The lowest BCUT2D eigenvalue weighted by atomic mass is 9.94. The Labute approximate surface area is 164 Å². The van der Waals surface area contributed by atoms with E-state index >= 15 is 0 Å². The molecule has 0 aliphatic carbocycles. The van der Waals surface area contributed by atoms with E-state index in [-0.39, 0.29) is 18.5 Å². The zero-order chi connectivity index (χ0) is 20.1. The van der Waals surface area contributed by atoms with Crippen molar-refractivity contribution in [2.45, 2.75) is 46.1 Å². The van der Waals surface area contributed by atoms with E-state index in [1.807, 2.05) is 13.8 Å². The van der Waals surface area contributed by atoms with Crippen LogP contribution in [-0.2, 0) is 29.6 Å². The van der Waals surface area contributed by atoms with Crippen molar-refractivity contribution in [3.8, 4) is 11.4 Å². The van der Waals surface area contributed by atoms with Gasteiger partial charge in [0, 0.05) is 20.1 Å². The van der Waals surface area contributed by atoms with Gasteiger partial charge >= 0.3 is 5.97 Å². The van der Waals surface area contributed by atoms with Crippen LogP contribution in [0.3, 0.4) is 0 Å². The molecule has 3 heterocycles. The molecule has 2 aromatic heterocycles. The van der Waals surface area contributed by atoms with E-state index in [4.69, 9.17) is 9.72 Å². The number of aliphatic hydroxyl groups excluding tert-OH is 1. The highest BCUT2D eigenvalue weighted by Gasteiger charge is 2.26. The first kappa shape index (κ1) is 20.2. The molecule has 3 rings (SSSR count). The van der Waals surface area contributed by atoms with Gasteiger partial charge in [-0.05, 0) is 32.1 Å². The van der Waals surface area contributed by atoms with Crippen molar-refractivity contribution in [1.29, 1.82) is 0 Å². The van der Waals surface area contributed by atoms with E-state index in [1.165, 1.54) is 0 Å². The third kappa shape index (κ3) is 4.30. The van der Waals surface area contributed by atoms with E-state index in [2.05, 4.69) is 20.2 Å². The standard InChI is InChI=1S/C19H28N6O3/c1-4-14-19(25-8-6-7-13(11-25)9-17(27)28-5-2)20-10-15(21-14)18-16(12-26)24(3)23-22-18/h10,13,26H,4-9,11-12H2,1-3H3/t13-/m1/s1. The van der Waals surface area contributed by atoms with Crippen LogP contribution in [0, 0.1) is 5.92 Å². The molecule has 1 atom stereocenters. The first-order chi connectivity index (χ1) is 13.6. The Bertz CT molecular complexity index is 822. The van der Waals surface area contributed by atoms with Crippen LogP contribution in [0.5, 0.6) is 0 Å². The number of aromatic nitrogens is 5. The largest absolute Gasteiger partial charge is 0.466 e. The minimum absolute atomic E-state index is 0.134. The summed E-state index contributed by atoms with van der Waals surface area (Å²) in [5.74, 6) is 0.986. The van der Waals surface area contributed by atoms with Gasteiger partial charge in [0.25, 0.3) is 0 Å². The SMILES string of the molecule is CCOC(=O)C[C@H]1CCCN(c2ncc(-c3nnn(C)c3CO)nc2CC)C1. The van der Waals surface area contributed by atoms with E-state index in [9.17, 15) is 9.90 Å². The van der Waals surface area contributed by atoms with Crippen molar-refractivity contribution in [3.63, 3.8) is 0 Å². The van der Waals surface area contributed by atoms with Crippen LogP contribution in [0.1, 0.15) is 44.5 Å². The summed E-state index contributed by atoms with van der Waals surface area (Å²) in [4.78, 5) is 23.5. The predicted molar refractivity (Wildman–Crippen MR) is 104 cm³/mol. The Morgan fingerprint density at radius 2 is 2.21 bits per heavy atom. The molecule has 0 amide bonds. The number of aryl methyl sites for hydroxylation is 2. The molecule has 28 heavy (non-hydrogen) atoms. The Hall–Kier alpha value is -2.55. The highest BCUT2D eigenvalue weighted by Crippen LogP contribution is 2.28. The van der Waals surface area contributed by atoms with Crippen LogP contribution < -0.4 is 4.90 Å². The smallest absolute Gasteiger partial charge is 0.306 e. The molecule has 9 heteroatoms. The lowest BCUT2D eigenvalue weighted by molar-refractivity contribution is -0.144. The first-order valence-corrected chi connectivity index (χ1v) is 9.83. The number of anilines is 1. The highest BCUT2D eigenvalue weighted by molar-refractivity contribution is 5.69. The molecule has 1 aliphatic rings. The number of hydrogen-bond acceptors (Lipinski definition) is 8. The van der Waals surface area contributed by atoms with Gasteiger partial charge < -0.3 is 14.7 Å². The summed E-state index contributed by atoms with van der Waals surface area (Å²) in [5, 5.41) is 17.7. The van der Waals surface area contributed by atoms with Gasteiger partial charge in [0.05, 0.1) is 37.2 Å². The Morgan fingerprint density at radius 1 is 1.39 bits per heavy atom. The molecular weight excluding hydrogens is 360 g/mol. The number of carbonyl (C=O) groups excluding carboxylic acids is 1. The summed E-state index contributed by atoms with van der Waals surface area (Å²) >= 11 is 0. The summed E-state index contributed by atoms with van der Waals surface area (Å²) < 4.78 is 6.64. The lowest BCUT2D eigenvalue weighted by Gasteiger charge is -2.34. The summed E-state index contributed by atoms with van der Waals surface area (Å²) in [7, 11) is 1.74. The second-order valence-electron chi connectivity index (χ2n) is 7.01. The molecular formula is C19H28N6O3. The molecule has 0 aromatic carbocycles. The van der Waals surface area contributed by atoms with Gasteiger partial charge in [0.1, 0.15) is 17.2 Å². The van der Waals surface area contributed by atoms with Crippen LogP contribution >= 0.6 is 0 Å². The topological polar surface area (TPSA) is 106 Å². The Balaban J connectivity index is 1.81. The van der Waals surface area contributed by atoms with Crippen molar-refractivity contribution in [3.05, 3.63) is 17.6 Å². The van der Waals surface area contributed by atoms with E-state index in [1.54, 1.807) is 17.9 Å². The van der Waals surface area contributed by atoms with Gasteiger partial charge in [-0.1, -0.05) is 12.1 Å². The molecule has 1 aliphatic heterocycles. The molecule has 0 unspecified atom stereocenters. The third-order valence-electron chi connectivity index (χ3n) is 5.07. The average Bonchev–Trinajstić information content (AvgIpc) is 3.08. The van der Waals surface area contributed by atoms with Gasteiger partial charge in [-0.2, -0.15) is 0 Å². The van der Waals surface area contributed by atoms with Crippen LogP contribution in [0.4, 0.5) is 5.82 Å². The maximum atomic E-state index is 11.8. The fourth-order valence-corrected chi connectivity index (χ4v) is 3.67. The monoisotopic (exact) mass is 388 g/mol. The molecule has 1 N–H and O–H groups in total. The van der Waals surface area contributed by atoms with Crippen LogP contribution in [0.25, 0.3) is 11.4 Å². The highest BCUT2D eigenvalue weighted by atomic mass is 16.5. The fourth-order valence-electron chi connectivity index (χ4n) is 3.67. The van der Waals surface area contributed by atoms with Crippen LogP contribution in [0.2, 0.25) is 0 Å². The predicted octanol–water partition coefficient (Wildman–Crippen LogP) is 1.50. The van der Waals surface area contributed by atoms with Crippen molar-refractivity contribution in [2.75, 3.05) is 24.6 Å². The van der Waals surface area contributed by atoms with Crippen molar-refractivity contribution in [1.82, 2.24) is 25.0 Å². The molecule has 0 saturated carbocycles. The number of hydrogen-bond donors (Lipinski definition) is 1. The number of esters is 1. The zero-order valence-corrected chi connectivity index (χ0v) is 16.8. The van der Waals surface area contributed by atoms with Gasteiger partial charge in [0.2, 0.25) is 0 Å². The third-order valence-corrected chi connectivity index (χ3v) is 5.07. The van der Waals surface area contributed by atoms with Crippen LogP contribution in [0.15, 0.2) is 6.20 Å². The normalized spacial score (nSPS) is 17.0. The second-order valence-corrected chi connectivity index (χ2v) is 7.01. The Kier molecular flexibility index (Phi) is 6.56. The van der Waals surface area contributed by atoms with Crippen molar-refractivity contribution in [2.24, 2.45) is 13.0 Å². The molecule has 1 fully saturated rings. The molecule has 0 spiro atoms. The summed E-state index contributed by atoms with van der Waals surface area (Å²) in [6.45, 7) is 5.79. The van der Waals surface area contributed by atoms with E-state index < -0.39 is 0 Å². The number of carbonyl (C=O) groups is 1. The number of nitrogens with zero attached hydrogens (tertiary/aromatic N) is 6. The molecule has 0 radical (unpaired) electrons. The van der Waals surface area contributed by atoms with Crippen molar-refractivity contribution >= 4 is 11.8 Å². The Morgan fingerprint density at radius 3 is 2.93 bits per heavy atom. The summed E-state index contributed by atoms with van der Waals surface area (Å²) in [6, 6.07) is 0. The molecule has 1 saturated heterocycles. The minimum atomic E-state index is -0.161. The zero-order valence-electron chi connectivity index (χ0n) is 16.8. The molecule has 0 bridgehead atoms. The van der Waals surface area contributed by atoms with E-state index in [0.717, 1.165) is 43.9 Å². The van der Waals surface area contributed by atoms with E-state index in [0.29, 0.717) is 30.1 Å². The molecule has 152 valence electrons. The quantitative estimate of drug-likeness (QED) is 0.711. The van der Waals surface area contributed by atoms with Gasteiger partial charge in [0.15, 0.2) is 0 Å². The minimum Gasteiger partial charge on any atom is -0.466 e. The average molecular weight is 388 g/mol. The lowest BCUT2D eigenvalue weighted by Crippen LogP contribution is -2.37. The van der Waals surface area contributed by atoms with Gasteiger partial charge in [-0.3, -0.25) is 4.79 Å². The van der Waals surface area contributed by atoms with Crippen LogP contribution in [-0.4, -0.2) is 55.7 Å². The molecule has 9 nitrogen and oxygen atoms in total. The molecule has 2 aromatic rings. The van der Waals surface area contributed by atoms with Gasteiger partial charge in [-0.15, -0.1) is 5.10 Å². The second kappa shape index (κ2) is 9.09. The van der Waals surface area contributed by atoms with Crippen molar-refractivity contribution < 1.29 is 14.6 Å². The maximum Gasteiger partial charge on any atom is 0.306 e.